The zero-order valence-electron chi connectivity index (χ0n) is 11.3. The van der Waals surface area contributed by atoms with Gasteiger partial charge in [0, 0.05) is 6.04 Å². The Labute approximate surface area is 109 Å². The van der Waals surface area contributed by atoms with Gasteiger partial charge < -0.3 is 15.2 Å². The van der Waals surface area contributed by atoms with Gasteiger partial charge in [0.05, 0.1) is 13.7 Å². The minimum atomic E-state index is 0.217. The molecule has 100 valence electrons. The van der Waals surface area contributed by atoms with Crippen molar-refractivity contribution in [1.82, 2.24) is 0 Å². The molecule has 0 spiro atoms. The molecule has 0 aliphatic heterocycles. The summed E-state index contributed by atoms with van der Waals surface area (Å²) in [5, 5.41) is 0. The Balaban J connectivity index is 2.04. The zero-order chi connectivity index (χ0) is 13.0. The Morgan fingerprint density at radius 1 is 1.33 bits per heavy atom. The minimum absolute atomic E-state index is 0.217. The van der Waals surface area contributed by atoms with Crippen LogP contribution in [-0.2, 0) is 6.42 Å². The summed E-state index contributed by atoms with van der Waals surface area (Å²) in [6.07, 6.45) is 4.47. The van der Waals surface area contributed by atoms with Gasteiger partial charge in [0.15, 0.2) is 11.5 Å². The van der Waals surface area contributed by atoms with Crippen LogP contribution >= 0.6 is 0 Å². The summed E-state index contributed by atoms with van der Waals surface area (Å²) >= 11 is 0. The van der Waals surface area contributed by atoms with Crippen LogP contribution in [-0.4, -0.2) is 19.8 Å². The van der Waals surface area contributed by atoms with Gasteiger partial charge >= 0.3 is 0 Å². The van der Waals surface area contributed by atoms with Crippen LogP contribution in [0.15, 0.2) is 18.2 Å². The van der Waals surface area contributed by atoms with Crippen LogP contribution in [0.1, 0.15) is 31.7 Å². The van der Waals surface area contributed by atoms with Gasteiger partial charge in [-0.15, -0.1) is 0 Å². The van der Waals surface area contributed by atoms with E-state index >= 15 is 0 Å². The third kappa shape index (κ3) is 3.64. The molecule has 1 aliphatic carbocycles. The van der Waals surface area contributed by atoms with Gasteiger partial charge in [0.1, 0.15) is 0 Å². The fourth-order valence-corrected chi connectivity index (χ4v) is 1.90. The maximum Gasteiger partial charge on any atom is 0.161 e. The van der Waals surface area contributed by atoms with Crippen molar-refractivity contribution in [1.29, 1.82) is 0 Å². The van der Waals surface area contributed by atoms with Crippen LogP contribution in [0, 0.1) is 5.92 Å². The van der Waals surface area contributed by atoms with E-state index in [-0.39, 0.29) is 6.04 Å². The summed E-state index contributed by atoms with van der Waals surface area (Å²) in [7, 11) is 1.68. The molecule has 1 aliphatic rings. The molecule has 3 heteroatoms. The smallest absolute Gasteiger partial charge is 0.161 e. The SMILES string of the molecule is CCC(N)Cc1ccc(OC)c(OCC2CC2)c1. The summed E-state index contributed by atoms with van der Waals surface area (Å²) < 4.78 is 11.2. The van der Waals surface area contributed by atoms with E-state index in [0.29, 0.717) is 0 Å². The summed E-state index contributed by atoms with van der Waals surface area (Å²) in [5.74, 6) is 2.41. The third-order valence-electron chi connectivity index (χ3n) is 3.42. The number of hydrogen-bond acceptors (Lipinski definition) is 3. The number of methoxy groups -OCH3 is 1. The lowest BCUT2D eigenvalue weighted by molar-refractivity contribution is 0.280. The largest absolute Gasteiger partial charge is 0.493 e. The predicted molar refractivity (Wildman–Crippen MR) is 73.2 cm³/mol. The van der Waals surface area contributed by atoms with E-state index in [4.69, 9.17) is 15.2 Å². The molecule has 1 unspecified atom stereocenters. The molecule has 3 nitrogen and oxygen atoms in total. The second-order valence-corrected chi connectivity index (χ2v) is 5.11. The average molecular weight is 249 g/mol. The maximum atomic E-state index is 5.99. The Hall–Kier alpha value is -1.22. The number of benzene rings is 1. The fraction of sp³-hybridized carbons (Fsp3) is 0.600. The highest BCUT2D eigenvalue weighted by atomic mass is 16.5. The summed E-state index contributed by atoms with van der Waals surface area (Å²) in [6.45, 7) is 2.92. The topological polar surface area (TPSA) is 44.5 Å². The highest BCUT2D eigenvalue weighted by Crippen LogP contribution is 2.33. The second kappa shape index (κ2) is 6.10. The normalized spacial score (nSPS) is 16.4. The summed E-state index contributed by atoms with van der Waals surface area (Å²) in [5.41, 5.74) is 7.20. The van der Waals surface area contributed by atoms with Crippen molar-refractivity contribution in [2.24, 2.45) is 11.7 Å². The summed E-state index contributed by atoms with van der Waals surface area (Å²) in [6, 6.07) is 6.32. The highest BCUT2D eigenvalue weighted by Gasteiger charge is 2.22. The van der Waals surface area contributed by atoms with Gasteiger partial charge in [0.25, 0.3) is 0 Å². The van der Waals surface area contributed by atoms with Crippen molar-refractivity contribution in [2.75, 3.05) is 13.7 Å². The number of ether oxygens (including phenoxy) is 2. The van der Waals surface area contributed by atoms with Gasteiger partial charge in [-0.25, -0.2) is 0 Å². The third-order valence-corrected chi connectivity index (χ3v) is 3.42. The Bertz CT molecular complexity index is 388. The molecule has 1 fully saturated rings. The lowest BCUT2D eigenvalue weighted by atomic mass is 10.0. The predicted octanol–water partition coefficient (Wildman–Crippen LogP) is 2.76. The lowest BCUT2D eigenvalue weighted by Crippen LogP contribution is -2.21. The molecule has 0 amide bonds. The molecule has 2 rings (SSSR count). The quantitative estimate of drug-likeness (QED) is 0.808. The Morgan fingerprint density at radius 3 is 2.72 bits per heavy atom. The van der Waals surface area contributed by atoms with Crippen LogP contribution in [0.2, 0.25) is 0 Å². The van der Waals surface area contributed by atoms with Gasteiger partial charge in [-0.05, 0) is 49.3 Å². The number of rotatable bonds is 7. The lowest BCUT2D eigenvalue weighted by Gasteiger charge is -2.14. The van der Waals surface area contributed by atoms with Crippen molar-refractivity contribution >= 4 is 0 Å². The molecule has 2 N–H and O–H groups in total. The van der Waals surface area contributed by atoms with E-state index in [1.165, 1.54) is 18.4 Å². The monoisotopic (exact) mass is 249 g/mol. The molecular formula is C15H23NO2. The molecule has 0 heterocycles. The summed E-state index contributed by atoms with van der Waals surface area (Å²) in [4.78, 5) is 0. The van der Waals surface area contributed by atoms with Crippen LogP contribution < -0.4 is 15.2 Å². The van der Waals surface area contributed by atoms with Gasteiger partial charge in [-0.3, -0.25) is 0 Å². The van der Waals surface area contributed by atoms with E-state index in [1.54, 1.807) is 7.11 Å². The fourth-order valence-electron chi connectivity index (χ4n) is 1.90. The second-order valence-electron chi connectivity index (χ2n) is 5.11. The van der Waals surface area contributed by atoms with Crippen molar-refractivity contribution in [3.05, 3.63) is 23.8 Å². The number of hydrogen-bond donors (Lipinski definition) is 1. The molecule has 1 saturated carbocycles. The zero-order valence-corrected chi connectivity index (χ0v) is 11.3. The van der Waals surface area contributed by atoms with Crippen molar-refractivity contribution in [3.8, 4) is 11.5 Å². The van der Waals surface area contributed by atoms with E-state index in [0.717, 1.165) is 36.9 Å². The van der Waals surface area contributed by atoms with Crippen LogP contribution in [0.3, 0.4) is 0 Å². The molecule has 1 aromatic rings. The maximum absolute atomic E-state index is 5.99. The molecule has 0 radical (unpaired) electrons. The van der Waals surface area contributed by atoms with Crippen LogP contribution in [0.5, 0.6) is 11.5 Å². The van der Waals surface area contributed by atoms with Gasteiger partial charge in [-0.1, -0.05) is 13.0 Å². The van der Waals surface area contributed by atoms with Crippen molar-refractivity contribution in [2.45, 2.75) is 38.6 Å². The van der Waals surface area contributed by atoms with E-state index < -0.39 is 0 Å². The van der Waals surface area contributed by atoms with E-state index in [9.17, 15) is 0 Å². The molecule has 0 saturated heterocycles. The first-order valence-corrected chi connectivity index (χ1v) is 6.78. The Morgan fingerprint density at radius 2 is 2.11 bits per heavy atom. The van der Waals surface area contributed by atoms with Crippen molar-refractivity contribution < 1.29 is 9.47 Å². The molecule has 0 aromatic heterocycles. The first kappa shape index (κ1) is 13.2. The van der Waals surface area contributed by atoms with Gasteiger partial charge in [0.2, 0.25) is 0 Å². The van der Waals surface area contributed by atoms with Gasteiger partial charge in [-0.2, -0.15) is 0 Å². The minimum Gasteiger partial charge on any atom is -0.493 e. The first-order valence-electron chi connectivity index (χ1n) is 6.78. The average Bonchev–Trinajstić information content (AvgIpc) is 3.20. The molecule has 18 heavy (non-hydrogen) atoms. The standard InChI is InChI=1S/C15H23NO2/c1-3-13(16)8-12-6-7-14(17-2)15(9-12)18-10-11-4-5-11/h6-7,9,11,13H,3-5,8,10,16H2,1-2H3. The highest BCUT2D eigenvalue weighted by molar-refractivity contribution is 5.43. The molecule has 0 bridgehead atoms. The molecule has 1 aromatic carbocycles. The molecule has 1 atom stereocenters. The van der Waals surface area contributed by atoms with Crippen LogP contribution in [0.25, 0.3) is 0 Å². The number of nitrogens with two attached hydrogens (primary N) is 1. The van der Waals surface area contributed by atoms with Crippen molar-refractivity contribution in [3.63, 3.8) is 0 Å². The van der Waals surface area contributed by atoms with E-state index in [2.05, 4.69) is 19.1 Å². The molecular weight excluding hydrogens is 226 g/mol. The Kier molecular flexibility index (Phi) is 4.48. The first-order chi connectivity index (χ1) is 8.72. The van der Waals surface area contributed by atoms with Crippen LogP contribution in [0.4, 0.5) is 0 Å². The van der Waals surface area contributed by atoms with E-state index in [1.807, 2.05) is 6.07 Å².